The van der Waals surface area contributed by atoms with Gasteiger partial charge in [0.15, 0.2) is 0 Å². The molecule has 40 valence electrons. The van der Waals surface area contributed by atoms with Gasteiger partial charge < -0.3 is 5.11 Å². The van der Waals surface area contributed by atoms with Crippen molar-refractivity contribution in [3.05, 3.63) is 12.2 Å². The molecular formula is C6H10O. The predicted octanol–water partition coefficient (Wildman–Crippen LogP) is 1.09. The first kappa shape index (κ1) is 4.85. The van der Waals surface area contributed by atoms with Crippen molar-refractivity contribution in [1.82, 2.24) is 0 Å². The number of rotatable bonds is 0. The van der Waals surface area contributed by atoms with Crippen molar-refractivity contribution < 1.29 is 5.11 Å². The second-order valence-electron chi connectivity index (χ2n) is 2.30. The van der Waals surface area contributed by atoms with E-state index in [1.807, 2.05) is 19.1 Å². The topological polar surface area (TPSA) is 20.2 Å². The molecule has 0 fully saturated rings. The molecule has 7 heavy (non-hydrogen) atoms. The Morgan fingerprint density at radius 2 is 2.43 bits per heavy atom. The SMILES string of the molecule is C[C@@]1(O)C=CCC1. The Kier molecular flexibility index (Phi) is 0.927. The van der Waals surface area contributed by atoms with Gasteiger partial charge >= 0.3 is 0 Å². The van der Waals surface area contributed by atoms with Crippen LogP contribution in [0, 0.1) is 0 Å². The molecule has 0 aromatic heterocycles. The molecule has 1 nitrogen and oxygen atoms in total. The van der Waals surface area contributed by atoms with Crippen LogP contribution in [-0.4, -0.2) is 10.7 Å². The molecule has 0 heterocycles. The normalized spacial score (nSPS) is 39.7. The van der Waals surface area contributed by atoms with Crippen LogP contribution in [0.2, 0.25) is 0 Å². The van der Waals surface area contributed by atoms with Crippen molar-refractivity contribution in [1.29, 1.82) is 0 Å². The van der Waals surface area contributed by atoms with Gasteiger partial charge in [0.2, 0.25) is 0 Å². The fraction of sp³-hybridized carbons (Fsp3) is 0.667. The first-order valence-electron chi connectivity index (χ1n) is 2.61. The Balaban J connectivity index is 2.57. The summed E-state index contributed by atoms with van der Waals surface area (Å²) >= 11 is 0. The quantitative estimate of drug-likeness (QED) is 0.449. The zero-order chi connectivity index (χ0) is 5.33. The lowest BCUT2D eigenvalue weighted by molar-refractivity contribution is 0.112. The maximum absolute atomic E-state index is 9.11. The van der Waals surface area contributed by atoms with Gasteiger partial charge in [0.1, 0.15) is 0 Å². The van der Waals surface area contributed by atoms with Crippen LogP contribution in [-0.2, 0) is 0 Å². The lowest BCUT2D eigenvalue weighted by atomic mass is 10.1. The lowest BCUT2D eigenvalue weighted by Crippen LogP contribution is -2.15. The summed E-state index contributed by atoms with van der Waals surface area (Å²) in [6.45, 7) is 1.83. The second-order valence-corrected chi connectivity index (χ2v) is 2.30. The van der Waals surface area contributed by atoms with Crippen LogP contribution in [0.15, 0.2) is 12.2 Å². The number of allylic oxidation sites excluding steroid dienone is 1. The molecule has 0 saturated carbocycles. The van der Waals surface area contributed by atoms with E-state index >= 15 is 0 Å². The van der Waals surface area contributed by atoms with E-state index in [4.69, 9.17) is 5.11 Å². The average Bonchev–Trinajstić information content (AvgIpc) is 1.84. The third kappa shape index (κ3) is 1.03. The third-order valence-electron chi connectivity index (χ3n) is 1.29. The van der Waals surface area contributed by atoms with Crippen LogP contribution in [0.25, 0.3) is 0 Å². The Morgan fingerprint density at radius 3 is 2.57 bits per heavy atom. The summed E-state index contributed by atoms with van der Waals surface area (Å²) in [5.41, 5.74) is -0.486. The Morgan fingerprint density at radius 1 is 1.71 bits per heavy atom. The standard InChI is InChI=1S/C6H10O/c1-6(7)4-2-3-5-6/h2,4,7H,3,5H2,1H3/t6-/m1/s1. The fourth-order valence-corrected chi connectivity index (χ4v) is 0.796. The van der Waals surface area contributed by atoms with E-state index in [-0.39, 0.29) is 0 Å². The van der Waals surface area contributed by atoms with Crippen molar-refractivity contribution >= 4 is 0 Å². The highest BCUT2D eigenvalue weighted by Crippen LogP contribution is 2.20. The summed E-state index contributed by atoms with van der Waals surface area (Å²) in [6, 6.07) is 0. The maximum atomic E-state index is 9.11. The van der Waals surface area contributed by atoms with Gasteiger partial charge in [0.05, 0.1) is 5.60 Å². The van der Waals surface area contributed by atoms with Gasteiger partial charge in [-0.1, -0.05) is 12.2 Å². The molecular weight excluding hydrogens is 88.1 g/mol. The minimum atomic E-state index is -0.486. The van der Waals surface area contributed by atoms with Crippen LogP contribution < -0.4 is 0 Å². The van der Waals surface area contributed by atoms with Crippen molar-refractivity contribution in [3.8, 4) is 0 Å². The first-order valence-corrected chi connectivity index (χ1v) is 2.61. The summed E-state index contributed by atoms with van der Waals surface area (Å²) in [7, 11) is 0. The molecule has 0 aromatic carbocycles. The highest BCUT2D eigenvalue weighted by atomic mass is 16.3. The third-order valence-corrected chi connectivity index (χ3v) is 1.29. The Labute approximate surface area is 43.7 Å². The number of hydrogen-bond acceptors (Lipinski definition) is 1. The molecule has 1 aliphatic rings. The monoisotopic (exact) mass is 98.1 g/mol. The zero-order valence-corrected chi connectivity index (χ0v) is 4.52. The second kappa shape index (κ2) is 1.34. The maximum Gasteiger partial charge on any atom is 0.0802 e. The van der Waals surface area contributed by atoms with Gasteiger partial charge in [0, 0.05) is 0 Å². The van der Waals surface area contributed by atoms with E-state index in [0.717, 1.165) is 12.8 Å². The average molecular weight is 98.1 g/mol. The van der Waals surface area contributed by atoms with Crippen LogP contribution in [0.3, 0.4) is 0 Å². The van der Waals surface area contributed by atoms with Crippen LogP contribution in [0.5, 0.6) is 0 Å². The largest absolute Gasteiger partial charge is 0.386 e. The van der Waals surface area contributed by atoms with Crippen LogP contribution in [0.1, 0.15) is 19.8 Å². The number of hydrogen-bond donors (Lipinski definition) is 1. The Hall–Kier alpha value is -0.300. The number of aliphatic hydroxyl groups is 1. The summed E-state index contributed by atoms with van der Waals surface area (Å²) < 4.78 is 0. The molecule has 1 rings (SSSR count). The summed E-state index contributed by atoms with van der Waals surface area (Å²) in [5, 5.41) is 9.11. The first-order chi connectivity index (χ1) is 3.21. The fourth-order valence-electron chi connectivity index (χ4n) is 0.796. The van der Waals surface area contributed by atoms with Gasteiger partial charge in [-0.3, -0.25) is 0 Å². The van der Waals surface area contributed by atoms with E-state index in [0.29, 0.717) is 0 Å². The van der Waals surface area contributed by atoms with Crippen LogP contribution >= 0.6 is 0 Å². The molecule has 0 saturated heterocycles. The van der Waals surface area contributed by atoms with Crippen molar-refractivity contribution in [3.63, 3.8) is 0 Å². The molecule has 0 spiro atoms. The van der Waals surface area contributed by atoms with Gasteiger partial charge in [-0.25, -0.2) is 0 Å². The molecule has 0 aliphatic heterocycles. The predicted molar refractivity (Wildman–Crippen MR) is 29.0 cm³/mol. The van der Waals surface area contributed by atoms with E-state index in [1.165, 1.54) is 0 Å². The summed E-state index contributed by atoms with van der Waals surface area (Å²) in [4.78, 5) is 0. The molecule has 0 aromatic rings. The van der Waals surface area contributed by atoms with Gasteiger partial charge in [0.25, 0.3) is 0 Å². The lowest BCUT2D eigenvalue weighted by Gasteiger charge is -2.10. The highest BCUT2D eigenvalue weighted by Gasteiger charge is 2.18. The van der Waals surface area contributed by atoms with E-state index in [9.17, 15) is 0 Å². The smallest absolute Gasteiger partial charge is 0.0802 e. The van der Waals surface area contributed by atoms with Crippen LogP contribution in [0.4, 0.5) is 0 Å². The molecule has 0 radical (unpaired) electrons. The molecule has 0 amide bonds. The van der Waals surface area contributed by atoms with Gasteiger partial charge in [-0.05, 0) is 19.8 Å². The summed E-state index contributed by atoms with van der Waals surface area (Å²) in [5.74, 6) is 0. The van der Waals surface area contributed by atoms with Gasteiger partial charge in [-0.15, -0.1) is 0 Å². The van der Waals surface area contributed by atoms with E-state index in [2.05, 4.69) is 0 Å². The van der Waals surface area contributed by atoms with Gasteiger partial charge in [-0.2, -0.15) is 0 Å². The van der Waals surface area contributed by atoms with E-state index < -0.39 is 5.60 Å². The summed E-state index contributed by atoms with van der Waals surface area (Å²) in [6.07, 6.45) is 5.80. The van der Waals surface area contributed by atoms with Crippen molar-refractivity contribution in [2.45, 2.75) is 25.4 Å². The molecule has 1 N–H and O–H groups in total. The van der Waals surface area contributed by atoms with E-state index in [1.54, 1.807) is 0 Å². The molecule has 0 bridgehead atoms. The molecule has 1 heteroatoms. The zero-order valence-electron chi connectivity index (χ0n) is 4.52. The molecule has 1 atom stereocenters. The highest BCUT2D eigenvalue weighted by molar-refractivity contribution is 5.05. The molecule has 0 unspecified atom stereocenters. The van der Waals surface area contributed by atoms with Crippen molar-refractivity contribution in [2.24, 2.45) is 0 Å². The minimum absolute atomic E-state index is 0.486. The Bertz CT molecular complexity index is 92.4. The molecule has 1 aliphatic carbocycles. The van der Waals surface area contributed by atoms with Crippen molar-refractivity contribution in [2.75, 3.05) is 0 Å². The minimum Gasteiger partial charge on any atom is -0.386 e.